The Morgan fingerprint density at radius 1 is 1.50 bits per heavy atom. The van der Waals surface area contributed by atoms with E-state index in [2.05, 4.69) is 31.4 Å². The molecule has 0 aliphatic heterocycles. The van der Waals surface area contributed by atoms with E-state index < -0.39 is 0 Å². The summed E-state index contributed by atoms with van der Waals surface area (Å²) in [5.74, 6) is -0.118. The lowest BCUT2D eigenvalue weighted by Crippen LogP contribution is -2.25. The lowest BCUT2D eigenvalue weighted by molar-refractivity contribution is 0.0952. The zero-order chi connectivity index (χ0) is 14.5. The molecule has 5 nitrogen and oxygen atoms in total. The van der Waals surface area contributed by atoms with Gasteiger partial charge in [0.2, 0.25) is 0 Å². The van der Waals surface area contributed by atoms with Gasteiger partial charge in [-0.3, -0.25) is 9.89 Å². The molecule has 0 saturated carbocycles. The number of aryl methyl sites for hydroxylation is 2. The van der Waals surface area contributed by atoms with E-state index in [1.54, 1.807) is 18.2 Å². The number of nitrogens with zero attached hydrogens (tertiary/aromatic N) is 1. The van der Waals surface area contributed by atoms with Gasteiger partial charge in [0.25, 0.3) is 5.91 Å². The van der Waals surface area contributed by atoms with Crippen LogP contribution >= 0.6 is 15.9 Å². The molecule has 0 unspecified atom stereocenters. The predicted molar refractivity (Wildman–Crippen MR) is 82.5 cm³/mol. The van der Waals surface area contributed by atoms with Crippen molar-refractivity contribution in [2.75, 3.05) is 12.3 Å². The fraction of sp³-hybridized carbons (Fsp3) is 0.286. The van der Waals surface area contributed by atoms with E-state index in [-0.39, 0.29) is 5.91 Å². The number of carbonyl (C=O) groups is 1. The number of hydrogen-bond donors (Lipinski definition) is 3. The van der Waals surface area contributed by atoms with Gasteiger partial charge in [-0.1, -0.05) is 0 Å². The van der Waals surface area contributed by atoms with Crippen molar-refractivity contribution in [1.29, 1.82) is 0 Å². The Hall–Kier alpha value is -1.82. The van der Waals surface area contributed by atoms with Crippen LogP contribution in [0.5, 0.6) is 0 Å². The molecule has 1 aromatic carbocycles. The normalized spacial score (nSPS) is 10.5. The van der Waals surface area contributed by atoms with Crippen molar-refractivity contribution in [2.45, 2.75) is 19.8 Å². The van der Waals surface area contributed by atoms with Gasteiger partial charge >= 0.3 is 0 Å². The third-order valence-corrected chi connectivity index (χ3v) is 3.77. The van der Waals surface area contributed by atoms with Gasteiger partial charge in [0.05, 0.1) is 11.8 Å². The number of nitrogens with two attached hydrogens (primary N) is 1. The summed E-state index contributed by atoms with van der Waals surface area (Å²) in [7, 11) is 0. The van der Waals surface area contributed by atoms with Gasteiger partial charge in [0.15, 0.2) is 0 Å². The van der Waals surface area contributed by atoms with Crippen molar-refractivity contribution in [3.8, 4) is 0 Å². The molecule has 0 bridgehead atoms. The third kappa shape index (κ3) is 3.60. The van der Waals surface area contributed by atoms with Crippen molar-refractivity contribution >= 4 is 27.5 Å². The molecule has 0 radical (unpaired) electrons. The molecule has 20 heavy (non-hydrogen) atoms. The van der Waals surface area contributed by atoms with Crippen molar-refractivity contribution < 1.29 is 4.79 Å². The van der Waals surface area contributed by atoms with Gasteiger partial charge in [-0.15, -0.1) is 0 Å². The highest BCUT2D eigenvalue weighted by molar-refractivity contribution is 9.10. The van der Waals surface area contributed by atoms with Crippen LogP contribution in [0.1, 0.15) is 28.0 Å². The van der Waals surface area contributed by atoms with E-state index in [4.69, 9.17) is 5.73 Å². The summed E-state index contributed by atoms with van der Waals surface area (Å²) < 4.78 is 0.745. The Kier molecular flexibility index (Phi) is 4.79. The summed E-state index contributed by atoms with van der Waals surface area (Å²) in [5, 5.41) is 9.77. The molecule has 1 heterocycles. The van der Waals surface area contributed by atoms with Crippen LogP contribution in [0, 0.1) is 6.92 Å². The smallest absolute Gasteiger partial charge is 0.252 e. The monoisotopic (exact) mass is 336 g/mol. The molecule has 1 aromatic heterocycles. The van der Waals surface area contributed by atoms with Crippen molar-refractivity contribution in [3.05, 3.63) is 45.7 Å². The number of nitrogen functional groups attached to an aromatic ring is 1. The summed E-state index contributed by atoms with van der Waals surface area (Å²) in [6.45, 7) is 2.61. The molecule has 6 heteroatoms. The molecule has 0 saturated heterocycles. The van der Waals surface area contributed by atoms with Crippen LogP contribution in [0.3, 0.4) is 0 Å². The van der Waals surface area contributed by atoms with Gasteiger partial charge in [-0.2, -0.15) is 5.10 Å². The number of benzene rings is 1. The minimum Gasteiger partial charge on any atom is -0.399 e. The summed E-state index contributed by atoms with van der Waals surface area (Å²) in [6, 6.07) is 5.20. The molecule has 2 rings (SSSR count). The quantitative estimate of drug-likeness (QED) is 0.579. The van der Waals surface area contributed by atoms with Crippen LogP contribution in [0.4, 0.5) is 5.69 Å². The zero-order valence-corrected chi connectivity index (χ0v) is 12.8. The number of amides is 1. The van der Waals surface area contributed by atoms with Gasteiger partial charge in [-0.05, 0) is 59.5 Å². The molecule has 0 aliphatic carbocycles. The van der Waals surface area contributed by atoms with E-state index >= 15 is 0 Å². The molecule has 1 amide bonds. The van der Waals surface area contributed by atoms with E-state index in [0.717, 1.165) is 23.0 Å². The van der Waals surface area contributed by atoms with Crippen LogP contribution < -0.4 is 11.1 Å². The number of H-pyrrole nitrogens is 1. The minimum atomic E-state index is -0.118. The highest BCUT2D eigenvalue weighted by Crippen LogP contribution is 2.19. The number of nitrogens with one attached hydrogen (secondary N) is 2. The number of anilines is 1. The summed E-state index contributed by atoms with van der Waals surface area (Å²) >= 11 is 3.35. The first-order valence-electron chi connectivity index (χ1n) is 6.40. The topological polar surface area (TPSA) is 83.8 Å². The lowest BCUT2D eigenvalue weighted by Gasteiger charge is -2.07. The lowest BCUT2D eigenvalue weighted by atomic mass is 10.1. The number of carbonyl (C=O) groups excluding carboxylic acids is 1. The molecule has 0 spiro atoms. The minimum absolute atomic E-state index is 0.118. The maximum atomic E-state index is 12.0. The Morgan fingerprint density at radius 2 is 2.30 bits per heavy atom. The Balaban J connectivity index is 1.83. The number of rotatable bonds is 5. The van der Waals surface area contributed by atoms with Crippen LogP contribution in [0.15, 0.2) is 28.9 Å². The molecular weight excluding hydrogens is 320 g/mol. The van der Waals surface area contributed by atoms with E-state index in [1.165, 1.54) is 5.56 Å². The fourth-order valence-corrected chi connectivity index (χ4v) is 2.35. The zero-order valence-electron chi connectivity index (χ0n) is 11.2. The number of hydrogen-bond acceptors (Lipinski definition) is 3. The van der Waals surface area contributed by atoms with Gasteiger partial charge in [0, 0.05) is 22.4 Å². The number of aromatic nitrogens is 2. The predicted octanol–water partition coefficient (Wildman–Crippen LogP) is 2.43. The average molecular weight is 337 g/mol. The van der Waals surface area contributed by atoms with Crippen molar-refractivity contribution in [1.82, 2.24) is 15.5 Å². The molecule has 106 valence electrons. The SMILES string of the molecule is Cc1[nH]ncc1CCCNC(=O)c1cc(N)ccc1Br. The van der Waals surface area contributed by atoms with Crippen molar-refractivity contribution in [2.24, 2.45) is 0 Å². The summed E-state index contributed by atoms with van der Waals surface area (Å²) in [6.07, 6.45) is 3.58. The highest BCUT2D eigenvalue weighted by atomic mass is 79.9. The number of aromatic amines is 1. The molecule has 4 N–H and O–H groups in total. The van der Waals surface area contributed by atoms with Crippen LogP contribution in [0.25, 0.3) is 0 Å². The Labute approximate surface area is 126 Å². The molecule has 2 aromatic rings. The second-order valence-corrected chi connectivity index (χ2v) is 5.47. The van der Waals surface area contributed by atoms with Crippen LogP contribution in [-0.2, 0) is 6.42 Å². The van der Waals surface area contributed by atoms with E-state index in [9.17, 15) is 4.79 Å². The molecule has 0 aliphatic rings. The maximum Gasteiger partial charge on any atom is 0.252 e. The van der Waals surface area contributed by atoms with Crippen LogP contribution in [0.2, 0.25) is 0 Å². The first kappa shape index (κ1) is 14.6. The van der Waals surface area contributed by atoms with E-state index in [1.807, 2.05) is 13.1 Å². The maximum absolute atomic E-state index is 12.0. The van der Waals surface area contributed by atoms with E-state index in [0.29, 0.717) is 17.8 Å². The Bertz CT molecular complexity index is 609. The van der Waals surface area contributed by atoms with Gasteiger partial charge in [0.1, 0.15) is 0 Å². The van der Waals surface area contributed by atoms with Crippen LogP contribution in [-0.4, -0.2) is 22.6 Å². The highest BCUT2D eigenvalue weighted by Gasteiger charge is 2.09. The summed E-state index contributed by atoms with van der Waals surface area (Å²) in [4.78, 5) is 12.0. The van der Waals surface area contributed by atoms with Gasteiger partial charge < -0.3 is 11.1 Å². The molecule has 0 fully saturated rings. The third-order valence-electron chi connectivity index (χ3n) is 3.08. The standard InChI is InChI=1S/C14H17BrN4O/c1-9-10(8-18-19-9)3-2-6-17-14(20)12-7-11(16)4-5-13(12)15/h4-5,7-8H,2-3,6,16H2,1H3,(H,17,20)(H,18,19). The largest absolute Gasteiger partial charge is 0.399 e. The first-order valence-corrected chi connectivity index (χ1v) is 7.19. The molecular formula is C14H17BrN4O. The van der Waals surface area contributed by atoms with Crippen molar-refractivity contribution in [3.63, 3.8) is 0 Å². The summed E-state index contributed by atoms with van der Waals surface area (Å²) in [5.41, 5.74) is 9.09. The second kappa shape index (κ2) is 6.56. The fourth-order valence-electron chi connectivity index (χ4n) is 1.92. The average Bonchev–Trinajstić information content (AvgIpc) is 2.83. The molecule has 0 atom stereocenters. The second-order valence-electron chi connectivity index (χ2n) is 4.62. The Morgan fingerprint density at radius 3 is 3.00 bits per heavy atom. The van der Waals surface area contributed by atoms with Gasteiger partial charge in [-0.25, -0.2) is 0 Å². The number of halogens is 1. The first-order chi connectivity index (χ1) is 9.58.